The van der Waals surface area contributed by atoms with Crippen molar-refractivity contribution in [2.45, 2.75) is 33.6 Å². The van der Waals surface area contributed by atoms with Gasteiger partial charge < -0.3 is 15.1 Å². The molecule has 3 amide bonds. The van der Waals surface area contributed by atoms with E-state index in [1.807, 2.05) is 26.8 Å². The number of carbonyl (C=O) groups excluding carboxylic acids is 3. The van der Waals surface area contributed by atoms with Crippen LogP contribution in [-0.2, 0) is 4.79 Å². The Bertz CT molecular complexity index is 619. The fourth-order valence-electron chi connectivity index (χ4n) is 2.84. The summed E-state index contributed by atoms with van der Waals surface area (Å²) in [5.41, 5.74) is 0.742. The summed E-state index contributed by atoms with van der Waals surface area (Å²) in [4.78, 5) is 41.9. The van der Waals surface area contributed by atoms with Gasteiger partial charge in [-0.1, -0.05) is 0 Å². The van der Waals surface area contributed by atoms with E-state index in [0.29, 0.717) is 32.7 Å². The van der Waals surface area contributed by atoms with Crippen molar-refractivity contribution in [2.24, 2.45) is 0 Å². The van der Waals surface area contributed by atoms with Crippen molar-refractivity contribution >= 4 is 29.1 Å². The molecule has 0 aliphatic carbocycles. The van der Waals surface area contributed by atoms with Gasteiger partial charge >= 0.3 is 6.03 Å². The largest absolute Gasteiger partial charge is 0.339 e. The number of hydrogen-bond donors (Lipinski definition) is 1. The van der Waals surface area contributed by atoms with E-state index >= 15 is 0 Å². The number of amides is 3. The van der Waals surface area contributed by atoms with E-state index in [9.17, 15) is 14.4 Å². The first kappa shape index (κ1) is 18.4. The number of urea groups is 1. The Morgan fingerprint density at radius 3 is 2.25 bits per heavy atom. The Hall–Kier alpha value is -1.89. The molecule has 24 heavy (non-hydrogen) atoms. The zero-order valence-corrected chi connectivity index (χ0v) is 15.4. The van der Waals surface area contributed by atoms with Crippen molar-refractivity contribution in [2.75, 3.05) is 32.7 Å². The number of thiophene rings is 1. The average molecular weight is 351 g/mol. The minimum atomic E-state index is -0.0805. The van der Waals surface area contributed by atoms with Crippen molar-refractivity contribution in [1.29, 1.82) is 0 Å². The van der Waals surface area contributed by atoms with Crippen LogP contribution in [0.3, 0.4) is 0 Å². The molecule has 1 aliphatic rings. The predicted octanol–water partition coefficient (Wildman–Crippen LogP) is 2.20. The first-order valence-electron chi connectivity index (χ1n) is 8.33. The van der Waals surface area contributed by atoms with Crippen molar-refractivity contribution in [3.05, 3.63) is 21.4 Å². The van der Waals surface area contributed by atoms with E-state index in [0.717, 1.165) is 15.3 Å². The van der Waals surface area contributed by atoms with E-state index in [4.69, 9.17) is 0 Å². The van der Waals surface area contributed by atoms with E-state index in [2.05, 4.69) is 5.32 Å². The number of rotatable bonds is 5. The highest BCUT2D eigenvalue weighted by atomic mass is 32.1. The summed E-state index contributed by atoms with van der Waals surface area (Å²) in [6.07, 6.45) is 0.473. The number of Topliss-reactive ketones (excluding diaryl/α,β-unsaturated/α-hetero) is 1. The smallest absolute Gasteiger partial charge is 0.317 e. The highest BCUT2D eigenvalue weighted by Crippen LogP contribution is 2.22. The van der Waals surface area contributed by atoms with Gasteiger partial charge in [0.25, 0.3) is 0 Å². The van der Waals surface area contributed by atoms with Gasteiger partial charge in [0.2, 0.25) is 5.91 Å². The molecule has 1 N–H and O–H groups in total. The first-order chi connectivity index (χ1) is 11.4. The summed E-state index contributed by atoms with van der Waals surface area (Å²) in [7, 11) is 0. The Morgan fingerprint density at radius 1 is 1.08 bits per heavy atom. The van der Waals surface area contributed by atoms with Gasteiger partial charge in [-0.3, -0.25) is 9.59 Å². The van der Waals surface area contributed by atoms with Crippen molar-refractivity contribution < 1.29 is 14.4 Å². The molecule has 1 aromatic rings. The monoisotopic (exact) mass is 351 g/mol. The van der Waals surface area contributed by atoms with Crippen molar-refractivity contribution in [3.8, 4) is 0 Å². The first-order valence-corrected chi connectivity index (χ1v) is 9.14. The van der Waals surface area contributed by atoms with Gasteiger partial charge in [0.1, 0.15) is 0 Å². The molecule has 0 saturated carbocycles. The molecule has 0 radical (unpaired) electrons. The summed E-state index contributed by atoms with van der Waals surface area (Å²) >= 11 is 1.61. The zero-order chi connectivity index (χ0) is 17.7. The van der Waals surface area contributed by atoms with Gasteiger partial charge in [-0.25, -0.2) is 4.79 Å². The van der Waals surface area contributed by atoms with E-state index in [1.54, 1.807) is 21.1 Å². The average Bonchev–Trinajstić information content (AvgIpc) is 2.91. The van der Waals surface area contributed by atoms with Crippen LogP contribution >= 0.6 is 11.3 Å². The molecule has 1 aromatic heterocycles. The van der Waals surface area contributed by atoms with Crippen LogP contribution in [0.5, 0.6) is 0 Å². The maximum atomic E-state index is 12.3. The summed E-state index contributed by atoms with van der Waals surface area (Å²) in [5.74, 6) is 0.0228. The quantitative estimate of drug-likeness (QED) is 0.827. The fourth-order valence-corrected chi connectivity index (χ4v) is 3.79. The summed E-state index contributed by atoms with van der Waals surface area (Å²) in [6, 6.07) is 1.82. The van der Waals surface area contributed by atoms with Crippen molar-refractivity contribution in [1.82, 2.24) is 15.1 Å². The Morgan fingerprint density at radius 2 is 1.71 bits per heavy atom. The molecule has 132 valence electrons. The zero-order valence-electron chi connectivity index (χ0n) is 14.6. The van der Waals surface area contributed by atoms with Crippen LogP contribution in [0, 0.1) is 13.8 Å². The lowest BCUT2D eigenvalue weighted by atomic mass is 10.1. The van der Waals surface area contributed by atoms with Gasteiger partial charge in [0.15, 0.2) is 5.78 Å². The normalized spacial score (nSPS) is 14.6. The number of aryl methyl sites for hydroxylation is 2. The number of ketones is 1. The summed E-state index contributed by atoms with van der Waals surface area (Å²) in [6.45, 7) is 8.53. The maximum absolute atomic E-state index is 12.3. The molecule has 1 aliphatic heterocycles. The minimum Gasteiger partial charge on any atom is -0.339 e. The predicted molar refractivity (Wildman–Crippen MR) is 94.6 cm³/mol. The molecule has 6 nitrogen and oxygen atoms in total. The third kappa shape index (κ3) is 4.56. The molecular formula is C17H25N3O3S. The van der Waals surface area contributed by atoms with Crippen LogP contribution in [0.2, 0.25) is 0 Å². The van der Waals surface area contributed by atoms with Gasteiger partial charge in [-0.05, 0) is 26.8 Å². The molecule has 2 heterocycles. The van der Waals surface area contributed by atoms with Gasteiger partial charge in [-0.15, -0.1) is 11.3 Å². The molecule has 0 atom stereocenters. The molecule has 0 aromatic carbocycles. The van der Waals surface area contributed by atoms with Crippen LogP contribution in [0.15, 0.2) is 6.07 Å². The Balaban J connectivity index is 1.79. The standard InChI is InChI=1S/C17H25N3O3S/c1-4-18-17(23)20-9-7-19(8-10-20)16(22)6-5-15(21)14-11-12(2)24-13(14)3/h11H,4-10H2,1-3H3,(H,18,23). The lowest BCUT2D eigenvalue weighted by Gasteiger charge is -2.34. The second-order valence-electron chi connectivity index (χ2n) is 5.95. The SMILES string of the molecule is CCNC(=O)N1CCN(C(=O)CCC(=O)c2cc(C)sc2C)CC1. The number of nitrogens with one attached hydrogen (secondary N) is 1. The van der Waals surface area contributed by atoms with E-state index in [-0.39, 0.29) is 30.6 Å². The van der Waals surface area contributed by atoms with Gasteiger partial charge in [-0.2, -0.15) is 0 Å². The molecular weight excluding hydrogens is 326 g/mol. The molecule has 1 fully saturated rings. The fraction of sp³-hybridized carbons (Fsp3) is 0.588. The lowest BCUT2D eigenvalue weighted by molar-refractivity contribution is -0.132. The number of hydrogen-bond acceptors (Lipinski definition) is 4. The highest BCUT2D eigenvalue weighted by molar-refractivity contribution is 7.12. The molecule has 0 spiro atoms. The molecule has 1 saturated heterocycles. The van der Waals surface area contributed by atoms with Crippen LogP contribution in [0.25, 0.3) is 0 Å². The lowest BCUT2D eigenvalue weighted by Crippen LogP contribution is -2.53. The highest BCUT2D eigenvalue weighted by Gasteiger charge is 2.24. The molecule has 7 heteroatoms. The Kier molecular flexibility index (Phi) is 6.36. The third-order valence-electron chi connectivity index (χ3n) is 4.15. The van der Waals surface area contributed by atoms with Crippen LogP contribution in [0.1, 0.15) is 39.9 Å². The van der Waals surface area contributed by atoms with Gasteiger partial charge in [0.05, 0.1) is 0 Å². The second kappa shape index (κ2) is 8.28. The third-order valence-corrected chi connectivity index (χ3v) is 5.12. The van der Waals surface area contributed by atoms with E-state index in [1.165, 1.54) is 0 Å². The van der Waals surface area contributed by atoms with E-state index < -0.39 is 0 Å². The van der Waals surface area contributed by atoms with Crippen LogP contribution in [-0.4, -0.2) is 60.2 Å². The maximum Gasteiger partial charge on any atom is 0.317 e. The number of carbonyl (C=O) groups is 3. The van der Waals surface area contributed by atoms with Crippen LogP contribution in [0.4, 0.5) is 4.79 Å². The Labute approximate surface area is 146 Å². The topological polar surface area (TPSA) is 69.7 Å². The number of nitrogens with zero attached hydrogens (tertiary/aromatic N) is 2. The van der Waals surface area contributed by atoms with Crippen LogP contribution < -0.4 is 5.32 Å². The molecule has 0 unspecified atom stereocenters. The molecule has 2 rings (SSSR count). The summed E-state index contributed by atoms with van der Waals surface area (Å²) in [5, 5.41) is 2.76. The van der Waals surface area contributed by atoms with Gasteiger partial charge in [0, 0.05) is 60.9 Å². The number of piperazine rings is 1. The summed E-state index contributed by atoms with van der Waals surface area (Å²) < 4.78 is 0. The van der Waals surface area contributed by atoms with Crippen molar-refractivity contribution in [3.63, 3.8) is 0 Å². The second-order valence-corrected chi connectivity index (χ2v) is 7.41. The minimum absolute atomic E-state index is 0.0106. The molecule has 0 bridgehead atoms.